The summed E-state index contributed by atoms with van der Waals surface area (Å²) in [7, 11) is 0. The number of halogens is 1. The van der Waals surface area contributed by atoms with Gasteiger partial charge in [0.25, 0.3) is 5.91 Å². The van der Waals surface area contributed by atoms with E-state index in [1.165, 1.54) is 18.5 Å². The fraction of sp³-hybridized carbons (Fsp3) is 0.222. The van der Waals surface area contributed by atoms with Crippen molar-refractivity contribution in [2.45, 2.75) is 6.42 Å². The molecule has 0 aromatic carbocycles. The summed E-state index contributed by atoms with van der Waals surface area (Å²) in [5.41, 5.74) is 0.289. The minimum atomic E-state index is -0.962. The molecule has 1 aromatic heterocycles. The Kier molecular flexibility index (Phi) is 4.05. The molecule has 6 heteroatoms. The number of rotatable bonds is 4. The van der Waals surface area contributed by atoms with Crippen molar-refractivity contribution < 1.29 is 14.7 Å². The number of amides is 1. The standard InChI is InChI=1S/C9H9ClN2O3/c10-7-5-11-3-1-6(7)9(15)12-4-2-8(13)14/h1,3,5H,2,4H2,(H,12,15)(H,13,14). The Balaban J connectivity index is 2.54. The highest BCUT2D eigenvalue weighted by Gasteiger charge is 2.09. The molecule has 0 fully saturated rings. The van der Waals surface area contributed by atoms with Crippen LogP contribution in [0.4, 0.5) is 0 Å². The average Bonchev–Trinajstić information content (AvgIpc) is 2.17. The number of nitrogens with zero attached hydrogens (tertiary/aromatic N) is 1. The van der Waals surface area contributed by atoms with Gasteiger partial charge in [0.05, 0.1) is 17.0 Å². The number of aromatic nitrogens is 1. The molecule has 0 aliphatic carbocycles. The van der Waals surface area contributed by atoms with Gasteiger partial charge in [-0.25, -0.2) is 0 Å². The van der Waals surface area contributed by atoms with Crippen LogP contribution in [0, 0.1) is 0 Å². The second kappa shape index (κ2) is 5.31. The molecule has 0 aliphatic rings. The third-order valence-electron chi connectivity index (χ3n) is 1.64. The molecule has 1 rings (SSSR count). The summed E-state index contributed by atoms with van der Waals surface area (Å²) in [6.07, 6.45) is 2.68. The Morgan fingerprint density at radius 1 is 1.53 bits per heavy atom. The number of nitrogens with one attached hydrogen (secondary N) is 1. The van der Waals surface area contributed by atoms with Crippen molar-refractivity contribution in [1.29, 1.82) is 0 Å². The van der Waals surface area contributed by atoms with Crippen LogP contribution in [0.2, 0.25) is 5.02 Å². The van der Waals surface area contributed by atoms with Gasteiger partial charge in [0.2, 0.25) is 0 Å². The summed E-state index contributed by atoms with van der Waals surface area (Å²) in [6, 6.07) is 1.47. The Morgan fingerprint density at radius 2 is 2.27 bits per heavy atom. The van der Waals surface area contributed by atoms with E-state index in [2.05, 4.69) is 10.3 Å². The predicted octanol–water partition coefficient (Wildman–Crippen LogP) is 0.939. The number of hydrogen-bond donors (Lipinski definition) is 2. The van der Waals surface area contributed by atoms with E-state index in [4.69, 9.17) is 16.7 Å². The van der Waals surface area contributed by atoms with Crippen LogP contribution < -0.4 is 5.32 Å². The van der Waals surface area contributed by atoms with E-state index in [1.54, 1.807) is 0 Å². The number of hydrogen-bond acceptors (Lipinski definition) is 3. The van der Waals surface area contributed by atoms with Crippen molar-refractivity contribution in [3.63, 3.8) is 0 Å². The largest absolute Gasteiger partial charge is 0.481 e. The monoisotopic (exact) mass is 228 g/mol. The van der Waals surface area contributed by atoms with Crippen molar-refractivity contribution in [2.75, 3.05) is 6.54 Å². The maximum atomic E-state index is 11.4. The third-order valence-corrected chi connectivity index (χ3v) is 1.94. The Hall–Kier alpha value is -1.62. The van der Waals surface area contributed by atoms with Crippen LogP contribution in [0.15, 0.2) is 18.5 Å². The average molecular weight is 229 g/mol. The van der Waals surface area contributed by atoms with Gasteiger partial charge in [0.1, 0.15) is 0 Å². The zero-order chi connectivity index (χ0) is 11.3. The normalized spacial score (nSPS) is 9.67. The first-order valence-electron chi connectivity index (χ1n) is 4.21. The Morgan fingerprint density at radius 3 is 2.87 bits per heavy atom. The summed E-state index contributed by atoms with van der Waals surface area (Å²) in [5.74, 6) is -1.36. The molecule has 0 unspecified atom stereocenters. The fourth-order valence-electron chi connectivity index (χ4n) is 0.938. The first-order chi connectivity index (χ1) is 7.11. The summed E-state index contributed by atoms with van der Waals surface area (Å²) < 4.78 is 0. The van der Waals surface area contributed by atoms with E-state index < -0.39 is 11.9 Å². The van der Waals surface area contributed by atoms with Crippen molar-refractivity contribution in [2.24, 2.45) is 0 Å². The van der Waals surface area contributed by atoms with E-state index in [1.807, 2.05) is 0 Å². The molecule has 0 saturated carbocycles. The first-order valence-corrected chi connectivity index (χ1v) is 4.58. The Labute approximate surface area is 91.1 Å². The van der Waals surface area contributed by atoms with Crippen LogP contribution in [0.1, 0.15) is 16.8 Å². The molecule has 2 N–H and O–H groups in total. The van der Waals surface area contributed by atoms with Crippen LogP contribution in [0.5, 0.6) is 0 Å². The second-order valence-electron chi connectivity index (χ2n) is 2.76. The molecule has 0 saturated heterocycles. The van der Waals surface area contributed by atoms with Gasteiger partial charge < -0.3 is 10.4 Å². The van der Waals surface area contributed by atoms with Crippen LogP contribution in [0.25, 0.3) is 0 Å². The molecule has 15 heavy (non-hydrogen) atoms. The lowest BCUT2D eigenvalue weighted by molar-refractivity contribution is -0.136. The van der Waals surface area contributed by atoms with E-state index in [0.717, 1.165) is 0 Å². The molecule has 0 radical (unpaired) electrons. The zero-order valence-corrected chi connectivity index (χ0v) is 8.49. The molecule has 1 amide bonds. The zero-order valence-electron chi connectivity index (χ0n) is 7.74. The fourth-order valence-corrected chi connectivity index (χ4v) is 1.14. The van der Waals surface area contributed by atoms with Crippen LogP contribution in [-0.4, -0.2) is 28.5 Å². The van der Waals surface area contributed by atoms with E-state index >= 15 is 0 Å². The maximum Gasteiger partial charge on any atom is 0.305 e. The predicted molar refractivity (Wildman–Crippen MR) is 53.8 cm³/mol. The molecule has 0 bridgehead atoms. The Bertz CT molecular complexity index is 381. The lowest BCUT2D eigenvalue weighted by Gasteiger charge is -2.04. The molecule has 1 aromatic rings. The topological polar surface area (TPSA) is 79.3 Å². The number of carboxylic acids is 1. The number of carbonyl (C=O) groups is 2. The van der Waals surface area contributed by atoms with Gasteiger partial charge in [0.15, 0.2) is 0 Å². The van der Waals surface area contributed by atoms with Gasteiger partial charge in [-0.2, -0.15) is 0 Å². The van der Waals surface area contributed by atoms with E-state index in [9.17, 15) is 9.59 Å². The molecular weight excluding hydrogens is 220 g/mol. The minimum Gasteiger partial charge on any atom is -0.481 e. The molecular formula is C9H9ClN2O3. The highest BCUT2D eigenvalue weighted by molar-refractivity contribution is 6.33. The highest BCUT2D eigenvalue weighted by atomic mass is 35.5. The maximum absolute atomic E-state index is 11.4. The molecule has 0 atom stereocenters. The summed E-state index contributed by atoms with van der Waals surface area (Å²) in [5, 5.41) is 11.0. The van der Waals surface area contributed by atoms with Crippen LogP contribution in [-0.2, 0) is 4.79 Å². The van der Waals surface area contributed by atoms with Crippen LogP contribution >= 0.6 is 11.6 Å². The van der Waals surface area contributed by atoms with Crippen molar-refractivity contribution in [1.82, 2.24) is 10.3 Å². The lowest BCUT2D eigenvalue weighted by Crippen LogP contribution is -2.26. The SMILES string of the molecule is O=C(O)CCNC(=O)c1ccncc1Cl. The van der Waals surface area contributed by atoms with E-state index in [0.29, 0.717) is 0 Å². The minimum absolute atomic E-state index is 0.0762. The molecule has 80 valence electrons. The highest BCUT2D eigenvalue weighted by Crippen LogP contribution is 2.12. The summed E-state index contributed by atoms with van der Waals surface area (Å²) in [4.78, 5) is 25.4. The van der Waals surface area contributed by atoms with Crippen LogP contribution in [0.3, 0.4) is 0 Å². The smallest absolute Gasteiger partial charge is 0.305 e. The summed E-state index contributed by atoms with van der Waals surface area (Å²) in [6.45, 7) is 0.0762. The number of aliphatic carboxylic acids is 1. The third kappa shape index (κ3) is 3.55. The quantitative estimate of drug-likeness (QED) is 0.804. The molecule has 0 spiro atoms. The molecule has 5 nitrogen and oxygen atoms in total. The number of carboxylic acid groups (broad SMARTS) is 1. The lowest BCUT2D eigenvalue weighted by atomic mass is 10.2. The number of pyridine rings is 1. The first kappa shape index (κ1) is 11.5. The number of carbonyl (C=O) groups excluding carboxylic acids is 1. The van der Waals surface area contributed by atoms with Gasteiger partial charge in [-0.15, -0.1) is 0 Å². The van der Waals surface area contributed by atoms with Gasteiger partial charge in [0, 0.05) is 18.9 Å². The van der Waals surface area contributed by atoms with Crippen molar-refractivity contribution in [3.8, 4) is 0 Å². The molecule has 0 aliphatic heterocycles. The summed E-state index contributed by atoms with van der Waals surface area (Å²) >= 11 is 5.72. The van der Waals surface area contributed by atoms with E-state index in [-0.39, 0.29) is 23.6 Å². The van der Waals surface area contributed by atoms with Gasteiger partial charge >= 0.3 is 5.97 Å². The van der Waals surface area contributed by atoms with Gasteiger partial charge in [-0.3, -0.25) is 14.6 Å². The molecule has 1 heterocycles. The van der Waals surface area contributed by atoms with Crippen molar-refractivity contribution >= 4 is 23.5 Å². The van der Waals surface area contributed by atoms with Gasteiger partial charge in [-0.05, 0) is 6.07 Å². The second-order valence-corrected chi connectivity index (χ2v) is 3.16. The van der Waals surface area contributed by atoms with Crippen molar-refractivity contribution in [3.05, 3.63) is 29.0 Å². The van der Waals surface area contributed by atoms with Gasteiger partial charge in [-0.1, -0.05) is 11.6 Å².